The van der Waals surface area contributed by atoms with Crippen molar-refractivity contribution in [3.63, 3.8) is 0 Å². The van der Waals surface area contributed by atoms with Crippen LogP contribution in [0.4, 0.5) is 4.39 Å². The number of pyridine rings is 1. The molecule has 3 aromatic rings. The maximum Gasteiger partial charge on any atom is 0.134 e. The molecule has 0 fully saturated rings. The Morgan fingerprint density at radius 3 is 2.76 bits per heavy atom. The third-order valence-corrected chi connectivity index (χ3v) is 4.90. The SMILES string of the molecule is CCOc1cccc(F)c1-c1cccc(/C=C2/CCCN=C2c2cccnc2)c1. The van der Waals surface area contributed by atoms with Crippen LogP contribution in [0.3, 0.4) is 0 Å². The maximum atomic E-state index is 14.6. The van der Waals surface area contributed by atoms with Crippen molar-refractivity contribution in [2.45, 2.75) is 19.8 Å². The van der Waals surface area contributed by atoms with Gasteiger partial charge in [-0.15, -0.1) is 0 Å². The number of allylic oxidation sites excluding steroid dienone is 1. The molecule has 0 radical (unpaired) electrons. The smallest absolute Gasteiger partial charge is 0.134 e. The van der Waals surface area contributed by atoms with Crippen LogP contribution in [-0.2, 0) is 0 Å². The summed E-state index contributed by atoms with van der Waals surface area (Å²) in [6, 6.07) is 16.8. The fourth-order valence-electron chi connectivity index (χ4n) is 3.65. The van der Waals surface area contributed by atoms with E-state index in [9.17, 15) is 4.39 Å². The van der Waals surface area contributed by atoms with E-state index in [1.165, 1.54) is 11.6 Å². The van der Waals surface area contributed by atoms with E-state index >= 15 is 0 Å². The maximum absolute atomic E-state index is 14.6. The molecule has 2 heterocycles. The molecule has 0 aliphatic carbocycles. The topological polar surface area (TPSA) is 34.5 Å². The van der Waals surface area contributed by atoms with Crippen LogP contribution >= 0.6 is 0 Å². The summed E-state index contributed by atoms with van der Waals surface area (Å²) < 4.78 is 20.3. The van der Waals surface area contributed by atoms with Crippen molar-refractivity contribution in [1.29, 1.82) is 0 Å². The lowest BCUT2D eigenvalue weighted by Crippen LogP contribution is -2.11. The van der Waals surface area contributed by atoms with Crippen LogP contribution in [0.1, 0.15) is 30.9 Å². The number of ether oxygens (including phenoxy) is 1. The molecule has 1 aromatic heterocycles. The van der Waals surface area contributed by atoms with Gasteiger partial charge in [0.05, 0.1) is 17.9 Å². The second-order valence-corrected chi connectivity index (χ2v) is 6.92. The van der Waals surface area contributed by atoms with Crippen LogP contribution in [0.2, 0.25) is 0 Å². The molecule has 2 aromatic carbocycles. The van der Waals surface area contributed by atoms with Gasteiger partial charge in [-0.05, 0) is 72.9 Å². The molecule has 4 rings (SSSR count). The lowest BCUT2D eigenvalue weighted by molar-refractivity contribution is 0.340. The third-order valence-electron chi connectivity index (χ3n) is 4.90. The zero-order valence-corrected chi connectivity index (χ0v) is 16.4. The Bertz CT molecular complexity index is 1060. The van der Waals surface area contributed by atoms with Gasteiger partial charge in [0.25, 0.3) is 0 Å². The molecule has 0 bridgehead atoms. The molecule has 1 aliphatic rings. The summed E-state index contributed by atoms with van der Waals surface area (Å²) in [5.74, 6) is 0.281. The monoisotopic (exact) mass is 386 g/mol. The number of halogens is 1. The molecule has 1 aliphatic heterocycles. The van der Waals surface area contributed by atoms with E-state index in [0.29, 0.717) is 17.9 Å². The van der Waals surface area contributed by atoms with Gasteiger partial charge < -0.3 is 4.74 Å². The Morgan fingerprint density at radius 1 is 1.07 bits per heavy atom. The number of benzene rings is 2. The van der Waals surface area contributed by atoms with Gasteiger partial charge in [0.15, 0.2) is 0 Å². The Kier molecular flexibility index (Phi) is 5.80. The van der Waals surface area contributed by atoms with Crippen molar-refractivity contribution < 1.29 is 9.13 Å². The molecule has 0 atom stereocenters. The number of hydrogen-bond donors (Lipinski definition) is 0. The summed E-state index contributed by atoms with van der Waals surface area (Å²) in [5.41, 5.74) is 5.52. The van der Waals surface area contributed by atoms with E-state index in [1.807, 2.05) is 49.5 Å². The number of nitrogens with zero attached hydrogens (tertiary/aromatic N) is 2. The molecule has 0 amide bonds. The van der Waals surface area contributed by atoms with Crippen molar-refractivity contribution in [3.8, 4) is 16.9 Å². The highest BCUT2D eigenvalue weighted by atomic mass is 19.1. The van der Waals surface area contributed by atoms with Crippen LogP contribution in [0.5, 0.6) is 5.75 Å². The van der Waals surface area contributed by atoms with Crippen molar-refractivity contribution in [3.05, 3.63) is 89.5 Å². The summed E-state index contributed by atoms with van der Waals surface area (Å²) in [5, 5.41) is 0. The minimum atomic E-state index is -0.281. The van der Waals surface area contributed by atoms with Crippen LogP contribution in [0.25, 0.3) is 17.2 Å². The Balaban J connectivity index is 1.73. The average molecular weight is 386 g/mol. The predicted molar refractivity (Wildman–Crippen MR) is 116 cm³/mol. The lowest BCUT2D eigenvalue weighted by Gasteiger charge is -2.17. The van der Waals surface area contributed by atoms with Gasteiger partial charge in [0.1, 0.15) is 11.6 Å². The molecule has 0 spiro atoms. The van der Waals surface area contributed by atoms with E-state index in [4.69, 9.17) is 9.73 Å². The summed E-state index contributed by atoms with van der Waals surface area (Å²) in [7, 11) is 0. The van der Waals surface area contributed by atoms with Gasteiger partial charge in [0, 0.05) is 24.5 Å². The van der Waals surface area contributed by atoms with Crippen molar-refractivity contribution in [2.24, 2.45) is 4.99 Å². The Morgan fingerprint density at radius 2 is 1.93 bits per heavy atom. The third kappa shape index (κ3) is 4.27. The fraction of sp³-hybridized carbons (Fsp3) is 0.200. The van der Waals surface area contributed by atoms with E-state index < -0.39 is 0 Å². The van der Waals surface area contributed by atoms with Gasteiger partial charge in [-0.1, -0.05) is 24.3 Å². The Hall–Kier alpha value is -3.27. The van der Waals surface area contributed by atoms with Crippen LogP contribution in [0, 0.1) is 5.82 Å². The molecule has 0 N–H and O–H groups in total. The van der Waals surface area contributed by atoms with Crippen LogP contribution in [0.15, 0.2) is 77.6 Å². The molecule has 0 saturated heterocycles. The number of hydrogen-bond acceptors (Lipinski definition) is 3. The van der Waals surface area contributed by atoms with Crippen LogP contribution in [-0.4, -0.2) is 23.8 Å². The highest BCUT2D eigenvalue weighted by Gasteiger charge is 2.15. The van der Waals surface area contributed by atoms with Crippen molar-refractivity contribution >= 4 is 11.8 Å². The summed E-state index contributed by atoms with van der Waals surface area (Å²) in [6.45, 7) is 3.22. The minimum absolute atomic E-state index is 0.281. The quantitative estimate of drug-likeness (QED) is 0.543. The van der Waals surface area contributed by atoms with E-state index in [0.717, 1.165) is 41.8 Å². The first-order valence-electron chi connectivity index (χ1n) is 9.94. The first-order valence-corrected chi connectivity index (χ1v) is 9.94. The van der Waals surface area contributed by atoms with E-state index in [1.54, 1.807) is 18.3 Å². The van der Waals surface area contributed by atoms with Gasteiger partial charge in [-0.2, -0.15) is 0 Å². The molecular formula is C25H23FN2O. The fourth-order valence-corrected chi connectivity index (χ4v) is 3.65. The molecule has 0 unspecified atom stereocenters. The first-order chi connectivity index (χ1) is 14.3. The zero-order valence-electron chi connectivity index (χ0n) is 16.4. The minimum Gasteiger partial charge on any atom is -0.493 e. The average Bonchev–Trinajstić information content (AvgIpc) is 2.75. The largest absolute Gasteiger partial charge is 0.493 e. The highest BCUT2D eigenvalue weighted by molar-refractivity contribution is 6.15. The van der Waals surface area contributed by atoms with E-state index in [2.05, 4.69) is 11.1 Å². The number of aliphatic imine (C=N–C) groups is 1. The molecule has 3 nitrogen and oxygen atoms in total. The standard InChI is InChI=1S/C25H23FN2O/c1-2-29-23-12-4-11-22(26)24(23)19-8-3-7-18(15-19)16-20-9-6-14-28-25(20)21-10-5-13-27-17-21/h3-5,7-8,10-13,15-17H,2,6,9,14H2,1H3/b20-16-. The second-order valence-electron chi connectivity index (χ2n) is 6.92. The summed E-state index contributed by atoms with van der Waals surface area (Å²) in [4.78, 5) is 8.97. The normalized spacial score (nSPS) is 15.2. The molecule has 0 saturated carbocycles. The second kappa shape index (κ2) is 8.82. The number of aromatic nitrogens is 1. The molecule has 29 heavy (non-hydrogen) atoms. The van der Waals surface area contributed by atoms with Gasteiger partial charge in [0.2, 0.25) is 0 Å². The van der Waals surface area contributed by atoms with Gasteiger partial charge >= 0.3 is 0 Å². The molecule has 146 valence electrons. The van der Waals surface area contributed by atoms with E-state index in [-0.39, 0.29) is 5.82 Å². The van der Waals surface area contributed by atoms with Crippen LogP contribution < -0.4 is 4.74 Å². The van der Waals surface area contributed by atoms with Gasteiger partial charge in [-0.25, -0.2) is 4.39 Å². The van der Waals surface area contributed by atoms with Gasteiger partial charge in [-0.3, -0.25) is 9.98 Å². The molecular weight excluding hydrogens is 363 g/mol. The summed E-state index contributed by atoms with van der Waals surface area (Å²) >= 11 is 0. The predicted octanol–water partition coefficient (Wildman–Crippen LogP) is 5.95. The first kappa shape index (κ1) is 19.1. The lowest BCUT2D eigenvalue weighted by atomic mass is 9.94. The number of rotatable bonds is 5. The van der Waals surface area contributed by atoms with Crippen molar-refractivity contribution in [1.82, 2.24) is 4.98 Å². The summed E-state index contributed by atoms with van der Waals surface area (Å²) in [6.07, 6.45) is 7.75. The van der Waals surface area contributed by atoms with Crippen molar-refractivity contribution in [2.75, 3.05) is 13.2 Å². The Labute approximate surface area is 170 Å². The molecule has 4 heteroatoms. The highest BCUT2D eigenvalue weighted by Crippen LogP contribution is 2.34. The zero-order chi connectivity index (χ0) is 20.1.